The standard InChI is InChI=1S/C21H24F3N3O4/c1-4-31-20(29)17-12(2)18(25-13(17)3)19(28)26-16-6-5-14(11-15(16)21(22,23)24)27-7-9-30-10-8-27/h5-6,11,25H,4,7-10H2,1-3H3,(H,26,28). The zero-order valence-corrected chi connectivity index (χ0v) is 17.5. The molecular weight excluding hydrogens is 415 g/mol. The Hall–Kier alpha value is -3.01. The quantitative estimate of drug-likeness (QED) is 0.690. The van der Waals surface area contributed by atoms with E-state index in [0.717, 1.165) is 6.07 Å². The number of H-pyrrole nitrogens is 1. The highest BCUT2D eigenvalue weighted by Gasteiger charge is 2.35. The van der Waals surface area contributed by atoms with E-state index in [2.05, 4.69) is 10.3 Å². The SMILES string of the molecule is CCOC(=O)c1c(C)[nH]c(C(=O)Nc2ccc(N3CCOCC3)cc2C(F)(F)F)c1C. The number of alkyl halides is 3. The average molecular weight is 439 g/mol. The largest absolute Gasteiger partial charge is 0.462 e. The number of rotatable bonds is 5. The first-order chi connectivity index (χ1) is 14.6. The second-order valence-corrected chi connectivity index (χ2v) is 7.13. The van der Waals surface area contributed by atoms with E-state index in [1.807, 2.05) is 0 Å². The van der Waals surface area contributed by atoms with Gasteiger partial charge in [-0.3, -0.25) is 4.79 Å². The number of aryl methyl sites for hydroxylation is 1. The monoisotopic (exact) mass is 439 g/mol. The maximum absolute atomic E-state index is 13.7. The second kappa shape index (κ2) is 9.01. The van der Waals surface area contributed by atoms with Gasteiger partial charge in [-0.05, 0) is 44.5 Å². The van der Waals surface area contributed by atoms with Gasteiger partial charge in [-0.2, -0.15) is 13.2 Å². The number of carbonyl (C=O) groups excluding carboxylic acids is 2. The molecule has 10 heteroatoms. The number of carbonyl (C=O) groups is 2. The number of amides is 1. The third-order valence-electron chi connectivity index (χ3n) is 5.08. The molecule has 1 aliphatic heterocycles. The third-order valence-corrected chi connectivity index (χ3v) is 5.08. The van der Waals surface area contributed by atoms with Gasteiger partial charge in [0.1, 0.15) is 5.69 Å². The van der Waals surface area contributed by atoms with Gasteiger partial charge in [-0.25, -0.2) is 4.79 Å². The highest BCUT2D eigenvalue weighted by Crippen LogP contribution is 2.38. The fourth-order valence-electron chi connectivity index (χ4n) is 3.57. The summed E-state index contributed by atoms with van der Waals surface area (Å²) in [6.45, 7) is 6.80. The predicted molar refractivity (Wildman–Crippen MR) is 109 cm³/mol. The molecule has 1 fully saturated rings. The highest BCUT2D eigenvalue weighted by molar-refractivity contribution is 6.07. The number of ether oxygens (including phenoxy) is 2. The number of nitrogens with zero attached hydrogens (tertiary/aromatic N) is 1. The van der Waals surface area contributed by atoms with Crippen molar-refractivity contribution >= 4 is 23.3 Å². The number of esters is 1. The van der Waals surface area contributed by atoms with Crippen molar-refractivity contribution in [2.24, 2.45) is 0 Å². The van der Waals surface area contributed by atoms with Gasteiger partial charge in [0.15, 0.2) is 0 Å². The lowest BCUT2D eigenvalue weighted by atomic mass is 10.1. The highest BCUT2D eigenvalue weighted by atomic mass is 19.4. The van der Waals surface area contributed by atoms with Crippen LogP contribution in [0.25, 0.3) is 0 Å². The van der Waals surface area contributed by atoms with Crippen LogP contribution in [0.15, 0.2) is 18.2 Å². The Labute approximate surface area is 177 Å². The van der Waals surface area contributed by atoms with Crippen LogP contribution in [-0.2, 0) is 15.7 Å². The van der Waals surface area contributed by atoms with Crippen LogP contribution in [0, 0.1) is 13.8 Å². The summed E-state index contributed by atoms with van der Waals surface area (Å²) >= 11 is 0. The van der Waals surface area contributed by atoms with Crippen molar-refractivity contribution in [1.29, 1.82) is 0 Å². The van der Waals surface area contributed by atoms with Gasteiger partial charge in [-0.15, -0.1) is 0 Å². The van der Waals surface area contributed by atoms with Crippen LogP contribution in [0.5, 0.6) is 0 Å². The Morgan fingerprint density at radius 1 is 1.23 bits per heavy atom. The van der Waals surface area contributed by atoms with Crippen LogP contribution >= 0.6 is 0 Å². The van der Waals surface area contributed by atoms with Gasteiger partial charge in [-0.1, -0.05) is 0 Å². The normalized spacial score (nSPS) is 14.5. The summed E-state index contributed by atoms with van der Waals surface area (Å²) < 4.78 is 51.4. The maximum atomic E-state index is 13.7. The molecule has 2 N–H and O–H groups in total. The molecule has 1 aromatic heterocycles. The van der Waals surface area contributed by atoms with Crippen LogP contribution < -0.4 is 10.2 Å². The molecule has 0 atom stereocenters. The summed E-state index contributed by atoms with van der Waals surface area (Å²) in [6.07, 6.45) is -4.66. The first-order valence-corrected chi connectivity index (χ1v) is 9.85. The molecule has 31 heavy (non-hydrogen) atoms. The van der Waals surface area contributed by atoms with Crippen molar-refractivity contribution in [3.63, 3.8) is 0 Å². The molecule has 0 unspecified atom stereocenters. The van der Waals surface area contributed by atoms with Crippen molar-refractivity contribution in [3.05, 3.63) is 46.3 Å². The van der Waals surface area contributed by atoms with Crippen molar-refractivity contribution < 1.29 is 32.2 Å². The summed E-state index contributed by atoms with van der Waals surface area (Å²) in [6, 6.07) is 3.80. The van der Waals surface area contributed by atoms with Gasteiger partial charge in [0.05, 0.1) is 36.6 Å². The zero-order valence-electron chi connectivity index (χ0n) is 17.5. The Morgan fingerprint density at radius 2 is 1.90 bits per heavy atom. The molecule has 7 nitrogen and oxygen atoms in total. The summed E-state index contributed by atoms with van der Waals surface area (Å²) in [7, 11) is 0. The third kappa shape index (κ3) is 4.84. The fourth-order valence-corrected chi connectivity index (χ4v) is 3.57. The van der Waals surface area contributed by atoms with E-state index in [9.17, 15) is 22.8 Å². The molecule has 0 aliphatic carbocycles. The van der Waals surface area contributed by atoms with Crippen molar-refractivity contribution in [3.8, 4) is 0 Å². The van der Waals surface area contributed by atoms with Gasteiger partial charge in [0.2, 0.25) is 0 Å². The number of hydrogen-bond acceptors (Lipinski definition) is 5. The Bertz CT molecular complexity index is 979. The molecule has 0 spiro atoms. The molecule has 0 saturated carbocycles. The number of aromatic nitrogens is 1. The van der Waals surface area contributed by atoms with Crippen LogP contribution in [-0.4, -0.2) is 49.8 Å². The molecule has 2 heterocycles. The molecular formula is C21H24F3N3O4. The lowest BCUT2D eigenvalue weighted by Gasteiger charge is -2.29. The number of morpholine rings is 1. The van der Waals surface area contributed by atoms with E-state index in [4.69, 9.17) is 9.47 Å². The minimum atomic E-state index is -4.66. The van der Waals surface area contributed by atoms with Crippen LogP contribution in [0.2, 0.25) is 0 Å². The van der Waals surface area contributed by atoms with E-state index < -0.39 is 23.6 Å². The number of halogens is 3. The molecule has 1 saturated heterocycles. The summed E-state index contributed by atoms with van der Waals surface area (Å²) in [5.74, 6) is -1.38. The van der Waals surface area contributed by atoms with Crippen molar-refractivity contribution in [2.45, 2.75) is 26.9 Å². The zero-order chi connectivity index (χ0) is 22.8. The summed E-state index contributed by atoms with van der Waals surface area (Å²) in [5.41, 5.74) is 0.0174. The van der Waals surface area contributed by atoms with Gasteiger partial charge < -0.3 is 24.7 Å². The number of aromatic amines is 1. The van der Waals surface area contributed by atoms with Crippen LogP contribution in [0.4, 0.5) is 24.5 Å². The van der Waals surface area contributed by atoms with Gasteiger partial charge in [0.25, 0.3) is 5.91 Å². The average Bonchev–Trinajstić information content (AvgIpc) is 3.02. The smallest absolute Gasteiger partial charge is 0.418 e. The lowest BCUT2D eigenvalue weighted by Crippen LogP contribution is -2.36. The Kier molecular flexibility index (Phi) is 6.59. The molecule has 0 bridgehead atoms. The maximum Gasteiger partial charge on any atom is 0.418 e. The molecule has 2 aromatic rings. The molecule has 1 aromatic carbocycles. The topological polar surface area (TPSA) is 83.7 Å². The molecule has 168 valence electrons. The number of nitrogens with one attached hydrogen (secondary N) is 2. The van der Waals surface area contributed by atoms with E-state index in [1.165, 1.54) is 19.1 Å². The Balaban J connectivity index is 1.90. The first-order valence-electron chi connectivity index (χ1n) is 9.85. The number of anilines is 2. The minimum Gasteiger partial charge on any atom is -0.462 e. The second-order valence-electron chi connectivity index (χ2n) is 7.13. The van der Waals surface area contributed by atoms with Gasteiger partial charge in [0, 0.05) is 24.5 Å². The summed E-state index contributed by atoms with van der Waals surface area (Å²) in [5, 5.41) is 2.33. The van der Waals surface area contributed by atoms with E-state index in [-0.39, 0.29) is 23.6 Å². The summed E-state index contributed by atoms with van der Waals surface area (Å²) in [4.78, 5) is 29.5. The molecule has 1 aliphatic rings. The van der Waals surface area contributed by atoms with E-state index in [0.29, 0.717) is 43.2 Å². The fraction of sp³-hybridized carbons (Fsp3) is 0.429. The molecule has 1 amide bonds. The predicted octanol–water partition coefficient (Wildman–Crippen LogP) is 3.92. The number of benzene rings is 1. The Morgan fingerprint density at radius 3 is 2.52 bits per heavy atom. The van der Waals surface area contributed by atoms with Crippen LogP contribution in [0.3, 0.4) is 0 Å². The van der Waals surface area contributed by atoms with Crippen molar-refractivity contribution in [2.75, 3.05) is 43.1 Å². The van der Waals surface area contributed by atoms with Crippen LogP contribution in [0.1, 0.15) is 44.6 Å². The molecule has 3 rings (SSSR count). The first kappa shape index (κ1) is 22.7. The lowest BCUT2D eigenvalue weighted by molar-refractivity contribution is -0.136. The number of hydrogen-bond donors (Lipinski definition) is 2. The minimum absolute atomic E-state index is 0.00549. The van der Waals surface area contributed by atoms with E-state index in [1.54, 1.807) is 18.7 Å². The van der Waals surface area contributed by atoms with Gasteiger partial charge >= 0.3 is 12.1 Å². The molecule has 0 radical (unpaired) electrons. The van der Waals surface area contributed by atoms with E-state index >= 15 is 0 Å². The van der Waals surface area contributed by atoms with Crippen molar-refractivity contribution in [1.82, 2.24) is 4.98 Å².